The van der Waals surface area contributed by atoms with Gasteiger partial charge in [0.05, 0.1) is 29.2 Å². The Morgan fingerprint density at radius 1 is 1.31 bits per heavy atom. The van der Waals surface area contributed by atoms with Crippen LogP contribution in [0.15, 0.2) is 35.5 Å². The number of carbonyl (C=O) groups excluding carboxylic acids is 1. The summed E-state index contributed by atoms with van der Waals surface area (Å²) < 4.78 is 20.3. The highest BCUT2D eigenvalue weighted by molar-refractivity contribution is 7.99. The molecule has 0 unspecified atom stereocenters. The van der Waals surface area contributed by atoms with Gasteiger partial charge in [-0.25, -0.2) is 9.37 Å². The summed E-state index contributed by atoms with van der Waals surface area (Å²) in [5.74, 6) is -0.000134. The van der Waals surface area contributed by atoms with Gasteiger partial charge in [-0.3, -0.25) is 9.78 Å². The topological polar surface area (TPSA) is 111 Å². The zero-order valence-electron chi connectivity index (χ0n) is 15.5. The zero-order chi connectivity index (χ0) is 20.5. The Morgan fingerprint density at radius 2 is 2.10 bits per heavy atom. The Morgan fingerprint density at radius 3 is 2.83 bits per heavy atom. The Bertz CT molecular complexity index is 1120. The molecule has 0 radical (unpaired) electrons. The Kier molecular flexibility index (Phi) is 5.16. The van der Waals surface area contributed by atoms with Gasteiger partial charge in [0.25, 0.3) is 0 Å². The van der Waals surface area contributed by atoms with Crippen molar-refractivity contribution in [1.29, 1.82) is 0 Å². The summed E-state index contributed by atoms with van der Waals surface area (Å²) in [6.07, 6.45) is 2.00. The van der Waals surface area contributed by atoms with Crippen LogP contribution in [0.3, 0.4) is 0 Å². The minimum atomic E-state index is -0.497. The minimum Gasteiger partial charge on any atom is -0.436 e. The van der Waals surface area contributed by atoms with Crippen LogP contribution in [0.2, 0.25) is 0 Å². The normalized spacial score (nSPS) is 12.1. The van der Waals surface area contributed by atoms with Gasteiger partial charge < -0.3 is 15.6 Å². The molecule has 3 aromatic rings. The Hall–Kier alpha value is -3.04. The standard InChI is InChI=1S/C20H17FN4O3S/c1-10-17-13(11(8-26)7-23-10)6-14-19(28-17)24-18(12-4-2-3-5-15(12)21)25-20(14)29-9-16(22)27/h2-5,7,26H,6,8-9H2,1H3,(H2,22,27). The number of primary amides is 1. The van der Waals surface area contributed by atoms with Gasteiger partial charge >= 0.3 is 0 Å². The Balaban J connectivity index is 1.87. The molecule has 3 heterocycles. The first-order chi connectivity index (χ1) is 14.0. The molecular weight excluding hydrogens is 395 g/mol. The molecule has 148 valence electrons. The van der Waals surface area contributed by atoms with Crippen molar-refractivity contribution in [3.8, 4) is 23.0 Å². The molecule has 1 amide bonds. The number of fused-ring (bicyclic) bond motifs is 2. The molecule has 7 nitrogen and oxygen atoms in total. The lowest BCUT2D eigenvalue weighted by atomic mass is 9.99. The molecule has 1 aromatic carbocycles. The predicted octanol–water partition coefficient (Wildman–Crippen LogP) is 2.75. The van der Waals surface area contributed by atoms with Gasteiger partial charge in [0.2, 0.25) is 11.8 Å². The van der Waals surface area contributed by atoms with E-state index in [4.69, 9.17) is 10.5 Å². The van der Waals surface area contributed by atoms with Crippen LogP contribution in [0.5, 0.6) is 11.6 Å². The molecule has 9 heteroatoms. The number of nitrogens with zero attached hydrogens (tertiary/aromatic N) is 3. The number of aryl methyl sites for hydroxylation is 1. The van der Waals surface area contributed by atoms with E-state index in [9.17, 15) is 14.3 Å². The van der Waals surface area contributed by atoms with E-state index in [1.807, 2.05) is 0 Å². The van der Waals surface area contributed by atoms with E-state index in [-0.39, 0.29) is 29.6 Å². The molecule has 0 aliphatic carbocycles. The highest BCUT2D eigenvalue weighted by Gasteiger charge is 2.28. The van der Waals surface area contributed by atoms with Crippen molar-refractivity contribution in [1.82, 2.24) is 15.0 Å². The van der Waals surface area contributed by atoms with Crippen LogP contribution in [-0.2, 0) is 17.8 Å². The van der Waals surface area contributed by atoms with E-state index in [0.717, 1.165) is 17.3 Å². The molecule has 0 atom stereocenters. The predicted molar refractivity (Wildman–Crippen MR) is 105 cm³/mol. The molecule has 0 saturated heterocycles. The van der Waals surface area contributed by atoms with Crippen molar-refractivity contribution in [3.63, 3.8) is 0 Å². The molecule has 0 fully saturated rings. The van der Waals surface area contributed by atoms with Crippen molar-refractivity contribution in [3.05, 3.63) is 58.7 Å². The number of hydrogen-bond donors (Lipinski definition) is 2. The van der Waals surface area contributed by atoms with E-state index >= 15 is 0 Å². The number of nitrogens with two attached hydrogens (primary N) is 1. The number of ether oxygens (including phenoxy) is 1. The number of carbonyl (C=O) groups is 1. The van der Waals surface area contributed by atoms with E-state index in [2.05, 4.69) is 15.0 Å². The maximum Gasteiger partial charge on any atom is 0.227 e. The summed E-state index contributed by atoms with van der Waals surface area (Å²) in [5, 5.41) is 10.1. The van der Waals surface area contributed by atoms with E-state index in [1.54, 1.807) is 31.3 Å². The fourth-order valence-electron chi connectivity index (χ4n) is 3.12. The summed E-state index contributed by atoms with van der Waals surface area (Å²) in [7, 11) is 0. The van der Waals surface area contributed by atoms with E-state index in [0.29, 0.717) is 34.0 Å². The molecule has 29 heavy (non-hydrogen) atoms. The fourth-order valence-corrected chi connectivity index (χ4v) is 3.88. The third kappa shape index (κ3) is 3.66. The maximum absolute atomic E-state index is 14.3. The van der Waals surface area contributed by atoms with Crippen LogP contribution >= 0.6 is 11.8 Å². The highest BCUT2D eigenvalue weighted by Crippen LogP contribution is 2.42. The summed E-state index contributed by atoms with van der Waals surface area (Å²) in [4.78, 5) is 24.5. The second-order valence-electron chi connectivity index (χ2n) is 6.48. The minimum absolute atomic E-state index is 0.00918. The monoisotopic (exact) mass is 412 g/mol. The van der Waals surface area contributed by atoms with Gasteiger partial charge in [0, 0.05) is 23.7 Å². The zero-order valence-corrected chi connectivity index (χ0v) is 16.3. The quantitative estimate of drug-likeness (QED) is 0.383. The molecule has 3 N–H and O–H groups in total. The van der Waals surface area contributed by atoms with Gasteiger partial charge in [-0.2, -0.15) is 4.98 Å². The molecule has 1 aliphatic rings. The van der Waals surface area contributed by atoms with Crippen LogP contribution < -0.4 is 10.5 Å². The van der Waals surface area contributed by atoms with Gasteiger partial charge in [-0.1, -0.05) is 23.9 Å². The van der Waals surface area contributed by atoms with Crippen LogP contribution in [0, 0.1) is 12.7 Å². The average molecular weight is 412 g/mol. The lowest BCUT2D eigenvalue weighted by molar-refractivity contribution is -0.115. The number of aliphatic hydroxyl groups is 1. The van der Waals surface area contributed by atoms with Gasteiger partial charge in [-0.05, 0) is 19.1 Å². The number of amides is 1. The lowest BCUT2D eigenvalue weighted by Crippen LogP contribution is -2.16. The molecule has 1 aliphatic heterocycles. The number of rotatable bonds is 5. The molecule has 2 aromatic heterocycles. The maximum atomic E-state index is 14.3. The first kappa shape index (κ1) is 19.3. The first-order valence-electron chi connectivity index (χ1n) is 8.81. The van der Waals surface area contributed by atoms with Gasteiger partial charge in [-0.15, -0.1) is 0 Å². The van der Waals surface area contributed by atoms with E-state index in [1.165, 1.54) is 6.07 Å². The number of hydrogen-bond acceptors (Lipinski definition) is 7. The second-order valence-corrected chi connectivity index (χ2v) is 7.45. The number of pyridine rings is 1. The van der Waals surface area contributed by atoms with Crippen LogP contribution in [-0.4, -0.2) is 31.7 Å². The number of benzene rings is 1. The third-order valence-corrected chi connectivity index (χ3v) is 5.56. The van der Waals surface area contributed by atoms with Crippen LogP contribution in [0.4, 0.5) is 4.39 Å². The average Bonchev–Trinajstić information content (AvgIpc) is 2.71. The lowest BCUT2D eigenvalue weighted by Gasteiger charge is -2.24. The fraction of sp³-hybridized carbons (Fsp3) is 0.200. The summed E-state index contributed by atoms with van der Waals surface area (Å²) in [6.45, 7) is 1.61. The smallest absolute Gasteiger partial charge is 0.227 e. The van der Waals surface area contributed by atoms with Crippen molar-refractivity contribution in [2.45, 2.75) is 25.0 Å². The van der Waals surface area contributed by atoms with Gasteiger partial charge in [0.15, 0.2) is 11.6 Å². The molecule has 0 saturated carbocycles. The molecule has 0 bridgehead atoms. The van der Waals surface area contributed by atoms with Crippen molar-refractivity contribution in [2.75, 3.05) is 5.75 Å². The highest BCUT2D eigenvalue weighted by atomic mass is 32.2. The summed E-state index contributed by atoms with van der Waals surface area (Å²) >= 11 is 1.14. The SMILES string of the molecule is Cc1ncc(CO)c2c1Oc1nc(-c3ccccc3F)nc(SCC(N)=O)c1C2. The van der Waals surface area contributed by atoms with Gasteiger partial charge in [0.1, 0.15) is 10.8 Å². The van der Waals surface area contributed by atoms with Crippen molar-refractivity contribution >= 4 is 17.7 Å². The first-order valence-corrected chi connectivity index (χ1v) is 9.79. The number of halogens is 1. The number of aliphatic hydroxyl groups excluding tert-OH is 1. The number of thioether (sulfide) groups is 1. The van der Waals surface area contributed by atoms with Crippen molar-refractivity contribution in [2.24, 2.45) is 5.73 Å². The number of aromatic nitrogens is 3. The van der Waals surface area contributed by atoms with Crippen molar-refractivity contribution < 1.29 is 19.0 Å². The second kappa shape index (κ2) is 7.76. The van der Waals surface area contributed by atoms with E-state index < -0.39 is 11.7 Å². The Labute approximate surface area is 170 Å². The largest absolute Gasteiger partial charge is 0.436 e. The summed E-state index contributed by atoms with van der Waals surface area (Å²) in [5.41, 5.74) is 8.26. The third-order valence-electron chi connectivity index (χ3n) is 4.52. The molecular formula is C20H17FN4O3S. The molecule has 0 spiro atoms. The van der Waals surface area contributed by atoms with Crippen LogP contribution in [0.25, 0.3) is 11.4 Å². The molecule has 4 rings (SSSR count). The van der Waals surface area contributed by atoms with Crippen LogP contribution in [0.1, 0.15) is 22.4 Å². The summed E-state index contributed by atoms with van der Waals surface area (Å²) in [6, 6.07) is 6.17.